The summed E-state index contributed by atoms with van der Waals surface area (Å²) in [7, 11) is 8.51. The first-order valence-corrected chi connectivity index (χ1v) is 21.6. The highest BCUT2D eigenvalue weighted by atomic mass is 16.2. The highest BCUT2D eigenvalue weighted by molar-refractivity contribution is 5.97. The van der Waals surface area contributed by atoms with Crippen molar-refractivity contribution in [2.45, 2.75) is 86.9 Å². The number of carbonyl (C=O) groups is 3. The average Bonchev–Trinajstić information content (AvgIpc) is 3.78. The van der Waals surface area contributed by atoms with E-state index in [4.69, 9.17) is 13.1 Å². The quantitative estimate of drug-likeness (QED) is 0.163. The van der Waals surface area contributed by atoms with E-state index in [9.17, 15) is 14.4 Å². The van der Waals surface area contributed by atoms with Crippen LogP contribution in [-0.2, 0) is 15.9 Å². The molecule has 4 aliphatic rings. The second-order valence-electron chi connectivity index (χ2n) is 17.6. The zero-order valence-corrected chi connectivity index (χ0v) is 36.9. The molecule has 4 aromatic rings. The van der Waals surface area contributed by atoms with Crippen molar-refractivity contribution < 1.29 is 14.4 Å². The summed E-state index contributed by atoms with van der Waals surface area (Å²) in [5.41, 5.74) is 2.96. The number of nitrogens with zero attached hydrogens (tertiary/aromatic N) is 11. The summed E-state index contributed by atoms with van der Waals surface area (Å²) >= 11 is 0. The van der Waals surface area contributed by atoms with Gasteiger partial charge in [0.2, 0.25) is 5.91 Å². The predicted molar refractivity (Wildman–Crippen MR) is 241 cm³/mol. The largest absolute Gasteiger partial charge is 0.394 e. The minimum Gasteiger partial charge on any atom is -0.394 e. The first-order valence-electron chi connectivity index (χ1n) is 21.6. The third-order valence-corrected chi connectivity index (χ3v) is 13.9. The van der Waals surface area contributed by atoms with Crippen molar-refractivity contribution in [3.05, 3.63) is 119 Å². The number of anilines is 2. The molecule has 8 rings (SSSR count). The fraction of sp³-hybridized carbons (Fsp3) is 0.468. The van der Waals surface area contributed by atoms with Crippen molar-refractivity contribution in [1.82, 2.24) is 45.3 Å². The molecule has 2 saturated carbocycles. The first-order chi connectivity index (χ1) is 30.3. The van der Waals surface area contributed by atoms with Gasteiger partial charge in [0.25, 0.3) is 0 Å². The molecule has 2 aromatic carbocycles. The number of urea groups is 2. The van der Waals surface area contributed by atoms with E-state index in [0.717, 1.165) is 57.8 Å². The third-order valence-electron chi connectivity index (χ3n) is 13.9. The molecule has 2 spiro atoms. The van der Waals surface area contributed by atoms with Crippen LogP contribution < -0.4 is 20.4 Å². The second kappa shape index (κ2) is 18.5. The van der Waals surface area contributed by atoms with Gasteiger partial charge in [0.15, 0.2) is 0 Å². The Kier molecular flexibility index (Phi) is 13.1. The van der Waals surface area contributed by atoms with Crippen LogP contribution in [0.1, 0.15) is 75.8 Å². The van der Waals surface area contributed by atoms with Gasteiger partial charge in [0.05, 0.1) is 24.2 Å². The number of benzene rings is 2. The summed E-state index contributed by atoms with van der Waals surface area (Å²) in [6, 6.07) is 20.8. The molecule has 2 aromatic heterocycles. The van der Waals surface area contributed by atoms with Gasteiger partial charge in [-0.15, -0.1) is 13.1 Å². The summed E-state index contributed by atoms with van der Waals surface area (Å²) in [5, 5.41) is 6.14. The molecule has 2 aliphatic carbocycles. The third kappa shape index (κ3) is 8.78. The molecule has 63 heavy (non-hydrogen) atoms. The van der Waals surface area contributed by atoms with Crippen LogP contribution in [0.15, 0.2) is 85.5 Å². The summed E-state index contributed by atoms with van der Waals surface area (Å²) in [6.07, 6.45) is 14.0. The Morgan fingerprint density at radius 1 is 0.698 bits per heavy atom. The van der Waals surface area contributed by atoms with Crippen LogP contribution in [0.4, 0.5) is 32.9 Å². The van der Waals surface area contributed by atoms with Crippen LogP contribution in [0.2, 0.25) is 0 Å². The lowest BCUT2D eigenvalue weighted by Crippen LogP contribution is -2.57. The molecule has 0 atom stereocenters. The Labute approximate surface area is 370 Å². The van der Waals surface area contributed by atoms with Gasteiger partial charge >= 0.3 is 24.0 Å². The smallest absolute Gasteiger partial charge is 0.371 e. The van der Waals surface area contributed by atoms with Crippen LogP contribution in [-0.4, -0.2) is 118 Å². The Bertz CT molecular complexity index is 2310. The van der Waals surface area contributed by atoms with Crippen LogP contribution >= 0.6 is 0 Å². The van der Waals surface area contributed by atoms with Crippen molar-refractivity contribution in [2.24, 2.45) is 0 Å². The number of carbonyl (C=O) groups excluding carboxylic acids is 3. The van der Waals surface area contributed by atoms with Crippen LogP contribution in [0.5, 0.6) is 0 Å². The Morgan fingerprint density at radius 3 is 1.60 bits per heavy atom. The maximum Gasteiger partial charge on any atom is 0.371 e. The summed E-state index contributed by atoms with van der Waals surface area (Å²) in [4.78, 5) is 71.3. The van der Waals surface area contributed by atoms with Crippen LogP contribution in [0, 0.1) is 13.1 Å². The van der Waals surface area contributed by atoms with Crippen LogP contribution in [0.3, 0.4) is 0 Å². The van der Waals surface area contributed by atoms with Gasteiger partial charge in [0, 0.05) is 17.6 Å². The fourth-order valence-corrected chi connectivity index (χ4v) is 10.1. The zero-order chi connectivity index (χ0) is 44.8. The predicted octanol–water partition coefficient (Wildman–Crippen LogP) is 6.89. The minimum atomic E-state index is -0.465. The van der Waals surface area contributed by atoms with Crippen molar-refractivity contribution >= 4 is 41.2 Å². The van der Waals surface area contributed by atoms with Crippen molar-refractivity contribution in [3.63, 3.8) is 0 Å². The number of hydrogen-bond acceptors (Lipinski definition) is 9. The molecule has 0 radical (unpaired) electrons. The maximum absolute atomic E-state index is 13.7. The van der Waals surface area contributed by atoms with Gasteiger partial charge in [-0.1, -0.05) is 67.6 Å². The Balaban J connectivity index is 0.000000193. The number of aromatic nitrogens is 4. The van der Waals surface area contributed by atoms with Crippen molar-refractivity contribution in [2.75, 3.05) is 64.2 Å². The molecule has 5 amide bonds. The lowest BCUT2D eigenvalue weighted by Gasteiger charge is -2.50. The van der Waals surface area contributed by atoms with E-state index < -0.39 is 5.54 Å². The molecule has 0 unspecified atom stereocenters. The lowest BCUT2D eigenvalue weighted by molar-refractivity contribution is -0.123. The lowest BCUT2D eigenvalue weighted by atomic mass is 9.68. The van der Waals surface area contributed by atoms with E-state index in [1.807, 2.05) is 19.1 Å². The number of rotatable bonds is 10. The second-order valence-corrected chi connectivity index (χ2v) is 17.6. The fourth-order valence-electron chi connectivity index (χ4n) is 10.1. The molecule has 328 valence electrons. The molecular formula is C47H57N13O3. The number of nitrogens with one attached hydrogen (secondary N) is 2. The van der Waals surface area contributed by atoms with E-state index in [1.165, 1.54) is 23.5 Å². The van der Waals surface area contributed by atoms with E-state index in [2.05, 4.69) is 127 Å². The molecule has 16 nitrogen and oxygen atoms in total. The average molecular weight is 852 g/mol. The summed E-state index contributed by atoms with van der Waals surface area (Å²) in [5.74, 6) is -0.00917. The molecule has 4 fully saturated rings. The van der Waals surface area contributed by atoms with E-state index in [1.54, 1.807) is 27.1 Å². The van der Waals surface area contributed by atoms with Crippen molar-refractivity contribution in [3.8, 4) is 0 Å². The summed E-state index contributed by atoms with van der Waals surface area (Å²) < 4.78 is 0. The van der Waals surface area contributed by atoms with Crippen LogP contribution in [0.25, 0.3) is 9.69 Å². The van der Waals surface area contributed by atoms with Gasteiger partial charge < -0.3 is 25.2 Å². The monoisotopic (exact) mass is 851 g/mol. The van der Waals surface area contributed by atoms with Gasteiger partial charge in [-0.25, -0.2) is 9.59 Å². The molecule has 2 aliphatic heterocycles. The maximum atomic E-state index is 13.7. The molecule has 2 saturated heterocycles. The molecular weight excluding hydrogens is 795 g/mol. The van der Waals surface area contributed by atoms with Gasteiger partial charge in [-0.3, -0.25) is 24.4 Å². The molecule has 16 heteroatoms. The summed E-state index contributed by atoms with van der Waals surface area (Å²) in [6.45, 7) is 17.7. The SMILES string of the molecule is [C-]#[N+]c1ncc(N2CC3(CCC(c4ccccc4)(N(C)C)CC3)N(CC(=O)NCCC)C2=O)cn1.[C-]#[N+]c1ncc(N2CC3(CCC(c4ccccc4)(N(C)C)CC3)NC2=O)cn1. The van der Waals surface area contributed by atoms with Crippen molar-refractivity contribution in [1.29, 1.82) is 0 Å². The highest BCUT2D eigenvalue weighted by Gasteiger charge is 2.56. The van der Waals surface area contributed by atoms with E-state index in [0.29, 0.717) is 31.0 Å². The molecule has 4 heterocycles. The number of amides is 5. The topological polar surface area (TPSA) is 152 Å². The Hall–Kier alpha value is -6.49. The highest BCUT2D eigenvalue weighted by Crippen LogP contribution is 2.50. The van der Waals surface area contributed by atoms with Gasteiger partial charge in [0.1, 0.15) is 42.7 Å². The van der Waals surface area contributed by atoms with E-state index in [-0.39, 0.29) is 53.0 Å². The first kappa shape index (κ1) is 44.6. The van der Waals surface area contributed by atoms with Gasteiger partial charge in [-0.05, 0) is 97.1 Å². The normalized spacial score (nSPS) is 25.4. The zero-order valence-electron chi connectivity index (χ0n) is 36.9. The standard InChI is InChI=1S/C26H33N7O2.C21H24N6O/c1-5-15-28-22(34)18-33-24(35)32(21-16-29-23(27-2)30-17-21)19-25(33)11-13-26(14-12-25,31(3)4)20-9-7-6-8-10-20;1-22-18-23-13-17(14-24-18)27-15-20(25-19(27)28)9-11-21(12-10-20,26(2)3)16-7-5-4-6-8-16/h6-10,16-17H,5,11-15,18-19H2,1,3-4H3,(H,28,34);4-8,13-14H,9-12,15H2,2-3H3,(H,25,28). The minimum absolute atomic E-state index is 0.00888. The Morgan fingerprint density at radius 2 is 1.16 bits per heavy atom. The molecule has 2 N–H and O–H groups in total. The van der Waals surface area contributed by atoms with E-state index >= 15 is 0 Å². The number of hydrogen-bond donors (Lipinski definition) is 2. The molecule has 0 bridgehead atoms. The van der Waals surface area contributed by atoms with Gasteiger partial charge in [-0.2, -0.15) is 19.9 Å².